The van der Waals surface area contributed by atoms with Gasteiger partial charge in [-0.05, 0) is 67.9 Å². The Morgan fingerprint density at radius 1 is 0.552 bits per heavy atom. The summed E-state index contributed by atoms with van der Waals surface area (Å²) in [5, 5.41) is 57.5. The standard InChI is InChI=1S/C68H106N16O29P2S/c1-41(2)59(83-63(98)48(39-85)81-62(97)47(15-20-58(93)94)80-61(96)46(10-6-22-76-66(70)101)78-55(90)36-43-11-13-44(14-12-43)77-67(102)82-45-9-5-4-8-42(45)3)64(99)75-27-31-113-35-34-112-29-25-73-52(87)17-16-51(86)72-24-28-110-32-33-111-30-26-74-53(88)18-19-54(89)79-49(60(69)95)40-116-50-37-57(92)84(65(50)100)38-56(91)71-23-7-21-68(103,114(104,105)106)115(107,108)109/h4-5,8-9,11-14,41,46-50,59,85,103H,6-7,10,15-40H2,1-3H3,(H2,69,95)(H,71,91)(H,72,86)(H,73,87)(H,74,88)(H,75,99)(H,78,90)(H,79,89)(H,80,96)(H,81,97)(H,83,98)(H,93,94)(H3,70,76,101)(H2,77,82,102)(H2,104,105,106)(H2,107,108,109)/t46-,47-,48-,49+,50?,59-/m0/s1. The summed E-state index contributed by atoms with van der Waals surface area (Å²) in [5.74, 6) is -12.1. The Balaban J connectivity index is 1.25. The Kier molecular flexibility index (Phi) is 45.6. The first-order valence-electron chi connectivity index (χ1n) is 36.6. The molecule has 0 saturated carbocycles. The van der Waals surface area contributed by atoms with Gasteiger partial charge >= 0.3 is 33.2 Å². The number of aliphatic hydroxyl groups excluding tert-OH is 1. The number of aliphatic hydroxyl groups is 2. The van der Waals surface area contributed by atoms with Crippen molar-refractivity contribution in [2.45, 2.75) is 138 Å². The lowest BCUT2D eigenvalue weighted by Gasteiger charge is -2.29. The number of ether oxygens (including phenoxy) is 4. The van der Waals surface area contributed by atoms with Crippen LogP contribution in [0.4, 0.5) is 21.0 Å². The summed E-state index contributed by atoms with van der Waals surface area (Å²) in [5.41, 5.74) is 13.0. The molecule has 45 nitrogen and oxygen atoms in total. The number of aliphatic carboxylic acids is 1. The number of hydrogen-bond acceptors (Lipinski definition) is 25. The molecule has 1 fully saturated rings. The van der Waals surface area contributed by atoms with E-state index in [0.717, 1.165) is 17.3 Å². The van der Waals surface area contributed by atoms with E-state index in [9.17, 15) is 121 Å². The number of primary amides is 2. The summed E-state index contributed by atoms with van der Waals surface area (Å²) in [6, 6.07) is 4.86. The zero-order chi connectivity index (χ0) is 86.6. The van der Waals surface area contributed by atoms with E-state index in [1.165, 1.54) is 0 Å². The molecule has 648 valence electrons. The fourth-order valence-corrected chi connectivity index (χ4v) is 13.8. The van der Waals surface area contributed by atoms with Crippen LogP contribution in [0.15, 0.2) is 48.5 Å². The second kappa shape index (κ2) is 52.7. The predicted octanol–water partition coefficient (Wildman–Crippen LogP) is -5.10. The first-order chi connectivity index (χ1) is 54.7. The van der Waals surface area contributed by atoms with Crippen LogP contribution >= 0.6 is 27.0 Å². The number of benzene rings is 2. The van der Waals surface area contributed by atoms with Crippen LogP contribution in [0.3, 0.4) is 0 Å². The zero-order valence-corrected chi connectivity index (χ0v) is 66.8. The molecular formula is C68H106N16O29P2S. The molecule has 1 heterocycles. The van der Waals surface area contributed by atoms with Crippen LogP contribution in [0.1, 0.15) is 95.6 Å². The smallest absolute Gasteiger partial charge is 0.369 e. The molecule has 2 aromatic carbocycles. The SMILES string of the molecule is Cc1ccccc1NC(=O)Nc1ccc(CC(=O)N[C@@H](CCCNC(N)=O)C(=O)N[C@@H](CCC(=O)O)C(=O)N[C@@H](CO)C(=O)N[C@H](C(=O)NCCOCCOCCNC(=O)CCC(=O)NCCOCCOCCNC(=O)CCC(=O)N[C@H](CSC2CC(=O)N(CC(=O)NCCCC(O)(P(=O)(O)O)P(=O)(O)O)C2=O)C(N)=O)C(C)C)cc1. The molecule has 0 bridgehead atoms. The van der Waals surface area contributed by atoms with E-state index in [1.807, 2.05) is 19.1 Å². The van der Waals surface area contributed by atoms with Crippen LogP contribution in [0.25, 0.3) is 0 Å². The third-order valence-corrected chi connectivity index (χ3v) is 21.9. The van der Waals surface area contributed by atoms with Crippen LogP contribution in [-0.4, -0.2) is 286 Å². The molecule has 116 heavy (non-hydrogen) atoms. The first kappa shape index (κ1) is 100. The largest absolute Gasteiger partial charge is 0.481 e. The molecule has 17 amide bonds. The van der Waals surface area contributed by atoms with Crippen molar-refractivity contribution in [1.82, 2.24) is 63.4 Å². The number of para-hydroxylation sites is 1. The summed E-state index contributed by atoms with van der Waals surface area (Å²) in [6.45, 7) is 3.85. The van der Waals surface area contributed by atoms with E-state index in [2.05, 4.69) is 69.1 Å². The fraction of sp³-hybridized carbons (Fsp3) is 0.588. The van der Waals surface area contributed by atoms with Gasteiger partial charge in [0, 0.05) is 101 Å². The van der Waals surface area contributed by atoms with Crippen LogP contribution in [0.5, 0.6) is 0 Å². The highest BCUT2D eigenvalue weighted by Crippen LogP contribution is 2.69. The monoisotopic (exact) mass is 1700 g/mol. The van der Waals surface area contributed by atoms with Gasteiger partial charge in [0.15, 0.2) is 0 Å². The highest BCUT2D eigenvalue weighted by Gasteiger charge is 2.58. The molecule has 24 N–H and O–H groups in total. The predicted molar refractivity (Wildman–Crippen MR) is 411 cm³/mol. The van der Waals surface area contributed by atoms with Gasteiger partial charge in [-0.15, -0.1) is 11.8 Å². The molecule has 0 radical (unpaired) electrons. The minimum atomic E-state index is -5.72. The second-order valence-electron chi connectivity index (χ2n) is 26.3. The average Bonchev–Trinajstić information content (AvgIpc) is 0.854. The highest BCUT2D eigenvalue weighted by atomic mass is 32.2. The number of hydrogen-bond donors (Lipinski definition) is 22. The van der Waals surface area contributed by atoms with Crippen molar-refractivity contribution < 1.29 is 140 Å². The number of likely N-dealkylation sites (tertiary alicyclic amines) is 1. The van der Waals surface area contributed by atoms with Crippen LogP contribution in [-0.2, 0) is 102 Å². The van der Waals surface area contributed by atoms with Crippen molar-refractivity contribution in [1.29, 1.82) is 0 Å². The maximum atomic E-state index is 13.8. The molecule has 3 rings (SSSR count). The minimum absolute atomic E-state index is 0.0102. The van der Waals surface area contributed by atoms with Crippen molar-refractivity contribution in [3.63, 3.8) is 0 Å². The van der Waals surface area contributed by atoms with E-state index in [4.69, 9.17) is 30.4 Å². The lowest BCUT2D eigenvalue weighted by Crippen LogP contribution is -2.60. The quantitative estimate of drug-likeness (QED) is 0.0167. The van der Waals surface area contributed by atoms with Gasteiger partial charge in [0.1, 0.15) is 36.8 Å². The normalized spacial score (nSPS) is 14.1. The van der Waals surface area contributed by atoms with Gasteiger partial charge in [-0.3, -0.25) is 81.2 Å². The molecule has 48 heteroatoms. The number of nitrogens with two attached hydrogens (primary N) is 2. The summed E-state index contributed by atoms with van der Waals surface area (Å²) >= 11 is 0.789. The van der Waals surface area contributed by atoms with Crippen molar-refractivity contribution in [2.75, 3.05) is 122 Å². The number of amides is 17. The molecule has 6 atom stereocenters. The number of carbonyl (C=O) groups is 16. The van der Waals surface area contributed by atoms with E-state index >= 15 is 0 Å². The molecule has 0 aromatic heterocycles. The number of carboxylic acids is 1. The number of imide groups is 1. The van der Waals surface area contributed by atoms with Gasteiger partial charge in [-0.1, -0.05) is 44.2 Å². The Morgan fingerprint density at radius 3 is 1.53 bits per heavy atom. The molecule has 1 unspecified atom stereocenters. The average molecular weight is 1710 g/mol. The van der Waals surface area contributed by atoms with Gasteiger partial charge in [0.05, 0.1) is 71.1 Å². The van der Waals surface area contributed by atoms with Gasteiger partial charge in [-0.25, -0.2) is 9.59 Å². The Labute approximate surface area is 670 Å². The third kappa shape index (κ3) is 39.2. The fourth-order valence-electron chi connectivity index (χ4n) is 10.3. The number of urea groups is 2. The van der Waals surface area contributed by atoms with Crippen LogP contribution in [0, 0.1) is 12.8 Å². The molecule has 0 spiro atoms. The number of nitrogens with zero attached hydrogens (tertiary/aromatic N) is 1. The second-order valence-corrected chi connectivity index (χ2v) is 31.5. The molecule has 2 aromatic rings. The lowest BCUT2D eigenvalue weighted by atomic mass is 10.0. The van der Waals surface area contributed by atoms with Gasteiger partial charge in [-0.2, -0.15) is 0 Å². The number of thioether (sulfide) groups is 1. The van der Waals surface area contributed by atoms with E-state index < -0.39 is 208 Å². The zero-order valence-electron chi connectivity index (χ0n) is 64.2. The first-order valence-corrected chi connectivity index (χ1v) is 40.9. The molecule has 1 saturated heterocycles. The molecule has 0 aliphatic carbocycles. The highest BCUT2D eigenvalue weighted by molar-refractivity contribution is 8.00. The number of anilines is 2. The molecule has 1 aliphatic rings. The van der Waals surface area contributed by atoms with Crippen LogP contribution < -0.4 is 80.6 Å². The van der Waals surface area contributed by atoms with E-state index in [-0.39, 0.29) is 136 Å². The van der Waals surface area contributed by atoms with Gasteiger partial charge in [0.2, 0.25) is 76.8 Å². The van der Waals surface area contributed by atoms with Crippen molar-refractivity contribution in [3.8, 4) is 0 Å². The molecule has 1 aliphatic heterocycles. The van der Waals surface area contributed by atoms with Crippen molar-refractivity contribution in [3.05, 3.63) is 59.7 Å². The summed E-state index contributed by atoms with van der Waals surface area (Å²) in [4.78, 5) is 240. The van der Waals surface area contributed by atoms with E-state index in [1.54, 1.807) is 50.2 Å². The Hall–Kier alpha value is -9.83. The number of carbonyl (C=O) groups excluding carboxylic acids is 15. The summed E-state index contributed by atoms with van der Waals surface area (Å²) < 4.78 is 44.8. The Bertz CT molecular complexity index is 3740. The number of rotatable bonds is 58. The Morgan fingerprint density at radius 2 is 1.03 bits per heavy atom. The maximum Gasteiger partial charge on any atom is 0.369 e. The topological polar surface area (TPSA) is 697 Å². The minimum Gasteiger partial charge on any atom is -0.481 e. The lowest BCUT2D eigenvalue weighted by molar-refractivity contribution is -0.142. The summed E-state index contributed by atoms with van der Waals surface area (Å²) in [6.07, 6.45) is -4.33. The maximum absolute atomic E-state index is 13.8. The van der Waals surface area contributed by atoms with Crippen LogP contribution in [0.2, 0.25) is 0 Å². The number of nitrogens with one attached hydrogen (secondary N) is 13. The summed E-state index contributed by atoms with van der Waals surface area (Å²) in [7, 11) is -11.4. The van der Waals surface area contributed by atoms with Crippen molar-refractivity contribution >= 4 is 133 Å². The van der Waals surface area contributed by atoms with Crippen molar-refractivity contribution in [2.24, 2.45) is 17.4 Å². The third-order valence-electron chi connectivity index (χ3n) is 16.7. The van der Waals surface area contributed by atoms with Gasteiger partial charge in [0.25, 0.3) is 5.08 Å². The number of aryl methyl sites for hydroxylation is 1. The van der Waals surface area contributed by atoms with Gasteiger partial charge < -0.3 is 134 Å². The number of carboxylic acid groups (broad SMARTS) is 1. The molecular weight excluding hydrogens is 1600 g/mol. The van der Waals surface area contributed by atoms with E-state index in [0.29, 0.717) is 21.8 Å².